The van der Waals surface area contributed by atoms with E-state index in [0.717, 1.165) is 12.8 Å². The van der Waals surface area contributed by atoms with E-state index in [4.69, 9.17) is 4.74 Å². The summed E-state index contributed by atoms with van der Waals surface area (Å²) in [5.74, 6) is 0.216. The van der Waals surface area contributed by atoms with Gasteiger partial charge < -0.3 is 15.0 Å². The standard InChI is InChI=1S/C13H19N5O4/c1-22-11(19)8-2-3-9(6-8)14-12(20)17-4-5-18-10(7-17)15-16-13(18)21/h8-9H,2-7H2,1H3,(H,14,20)(H,16,21)/t8-,9+/m0/s1. The second kappa shape index (κ2) is 5.82. The van der Waals surface area contributed by atoms with Crippen LogP contribution in [0, 0.1) is 5.92 Å². The Kier molecular flexibility index (Phi) is 3.86. The van der Waals surface area contributed by atoms with Gasteiger partial charge in [0.05, 0.1) is 19.6 Å². The molecule has 22 heavy (non-hydrogen) atoms. The molecule has 1 aromatic heterocycles. The van der Waals surface area contributed by atoms with Gasteiger partial charge in [0.25, 0.3) is 0 Å². The maximum absolute atomic E-state index is 12.3. The number of rotatable bonds is 2. The third kappa shape index (κ3) is 2.70. The minimum atomic E-state index is -0.244. The molecular formula is C13H19N5O4. The fourth-order valence-electron chi connectivity index (χ4n) is 3.10. The summed E-state index contributed by atoms with van der Waals surface area (Å²) in [4.78, 5) is 36.8. The molecule has 9 nitrogen and oxygen atoms in total. The summed E-state index contributed by atoms with van der Waals surface area (Å²) < 4.78 is 6.27. The number of aromatic nitrogens is 3. The number of esters is 1. The van der Waals surface area contributed by atoms with Crippen molar-refractivity contribution < 1.29 is 14.3 Å². The van der Waals surface area contributed by atoms with E-state index in [0.29, 0.717) is 31.9 Å². The molecule has 1 saturated carbocycles. The summed E-state index contributed by atoms with van der Waals surface area (Å²) in [5.41, 5.74) is -0.244. The molecular weight excluding hydrogens is 290 g/mol. The van der Waals surface area contributed by atoms with Crippen LogP contribution >= 0.6 is 0 Å². The van der Waals surface area contributed by atoms with Crippen LogP contribution < -0.4 is 11.0 Å². The molecule has 2 atom stereocenters. The van der Waals surface area contributed by atoms with Crippen molar-refractivity contribution in [1.29, 1.82) is 0 Å². The smallest absolute Gasteiger partial charge is 0.343 e. The number of fused-ring (bicyclic) bond motifs is 1. The molecule has 120 valence electrons. The zero-order chi connectivity index (χ0) is 15.7. The maximum atomic E-state index is 12.3. The van der Waals surface area contributed by atoms with Crippen LogP contribution in [-0.2, 0) is 22.6 Å². The molecule has 0 bridgehead atoms. The summed E-state index contributed by atoms with van der Waals surface area (Å²) in [6, 6.07) is -0.197. The van der Waals surface area contributed by atoms with Crippen LogP contribution in [0.3, 0.4) is 0 Å². The highest BCUT2D eigenvalue weighted by Crippen LogP contribution is 2.26. The first-order valence-corrected chi connectivity index (χ1v) is 7.36. The van der Waals surface area contributed by atoms with Gasteiger partial charge >= 0.3 is 17.7 Å². The minimum absolute atomic E-state index is 0.0140. The van der Waals surface area contributed by atoms with Crippen molar-refractivity contribution in [2.24, 2.45) is 5.92 Å². The van der Waals surface area contributed by atoms with E-state index in [1.54, 1.807) is 4.90 Å². The first kappa shape index (κ1) is 14.6. The SMILES string of the molecule is COC(=O)[C@H]1CC[C@@H](NC(=O)N2CCn3c(n[nH]c3=O)C2)C1. The van der Waals surface area contributed by atoms with E-state index >= 15 is 0 Å². The molecule has 2 heterocycles. The zero-order valence-electron chi connectivity index (χ0n) is 12.4. The maximum Gasteiger partial charge on any atom is 0.343 e. The largest absolute Gasteiger partial charge is 0.469 e. The molecule has 0 aromatic carbocycles. The first-order valence-electron chi connectivity index (χ1n) is 7.36. The second-order valence-electron chi connectivity index (χ2n) is 5.70. The number of urea groups is 1. The van der Waals surface area contributed by atoms with Crippen LogP contribution in [0.25, 0.3) is 0 Å². The van der Waals surface area contributed by atoms with E-state index in [2.05, 4.69) is 15.5 Å². The van der Waals surface area contributed by atoms with Crippen molar-refractivity contribution >= 4 is 12.0 Å². The predicted molar refractivity (Wildman–Crippen MR) is 74.9 cm³/mol. The number of carbonyl (C=O) groups is 2. The van der Waals surface area contributed by atoms with Gasteiger partial charge in [-0.2, -0.15) is 5.10 Å². The number of H-pyrrole nitrogens is 1. The Balaban J connectivity index is 1.55. The molecule has 0 spiro atoms. The lowest BCUT2D eigenvalue weighted by molar-refractivity contribution is -0.145. The number of nitrogens with zero attached hydrogens (tertiary/aromatic N) is 3. The third-order valence-electron chi connectivity index (χ3n) is 4.35. The van der Waals surface area contributed by atoms with Gasteiger partial charge in [0.1, 0.15) is 0 Å². The summed E-state index contributed by atoms with van der Waals surface area (Å²) in [7, 11) is 1.38. The molecule has 1 fully saturated rings. The number of aromatic amines is 1. The van der Waals surface area contributed by atoms with Crippen LogP contribution in [0.1, 0.15) is 25.1 Å². The highest BCUT2D eigenvalue weighted by atomic mass is 16.5. The summed E-state index contributed by atoms with van der Waals surface area (Å²) >= 11 is 0. The first-order chi connectivity index (χ1) is 10.6. The van der Waals surface area contributed by atoms with Gasteiger partial charge in [0.15, 0.2) is 5.82 Å². The Hall–Kier alpha value is -2.32. The van der Waals surface area contributed by atoms with E-state index in [1.165, 1.54) is 11.7 Å². The Morgan fingerprint density at radius 1 is 1.36 bits per heavy atom. The van der Waals surface area contributed by atoms with Gasteiger partial charge in [-0.15, -0.1) is 0 Å². The molecule has 3 rings (SSSR count). The van der Waals surface area contributed by atoms with Gasteiger partial charge in [0, 0.05) is 19.1 Å². The molecule has 0 saturated heterocycles. The summed E-state index contributed by atoms with van der Waals surface area (Å²) in [6.45, 7) is 1.21. The minimum Gasteiger partial charge on any atom is -0.469 e. The summed E-state index contributed by atoms with van der Waals surface area (Å²) in [5, 5.41) is 9.24. The molecule has 0 radical (unpaired) electrons. The van der Waals surface area contributed by atoms with Gasteiger partial charge in [0.2, 0.25) is 0 Å². The molecule has 9 heteroatoms. The molecule has 2 N–H and O–H groups in total. The molecule has 2 amide bonds. The lowest BCUT2D eigenvalue weighted by Crippen LogP contribution is -2.48. The van der Waals surface area contributed by atoms with Crippen LogP contribution in [0.5, 0.6) is 0 Å². The fraction of sp³-hybridized carbons (Fsp3) is 0.692. The highest BCUT2D eigenvalue weighted by Gasteiger charge is 2.33. The second-order valence-corrected chi connectivity index (χ2v) is 5.70. The van der Waals surface area contributed by atoms with Crippen molar-refractivity contribution in [2.75, 3.05) is 13.7 Å². The Morgan fingerprint density at radius 2 is 2.18 bits per heavy atom. The zero-order valence-corrected chi connectivity index (χ0v) is 12.4. The molecule has 1 aromatic rings. The summed E-state index contributed by atoms with van der Waals surface area (Å²) in [6.07, 6.45) is 2.11. The number of amides is 2. The fourth-order valence-corrected chi connectivity index (χ4v) is 3.10. The van der Waals surface area contributed by atoms with Gasteiger partial charge in [-0.25, -0.2) is 14.7 Å². The Bertz CT molecular complexity index is 637. The van der Waals surface area contributed by atoms with Gasteiger partial charge in [-0.05, 0) is 19.3 Å². The van der Waals surface area contributed by atoms with Crippen molar-refractivity contribution in [3.05, 3.63) is 16.3 Å². The van der Waals surface area contributed by atoms with Gasteiger partial charge in [-0.1, -0.05) is 0 Å². The van der Waals surface area contributed by atoms with Crippen LogP contribution in [-0.4, -0.2) is 51.4 Å². The number of hydrogen-bond donors (Lipinski definition) is 2. The number of methoxy groups -OCH3 is 1. The van der Waals surface area contributed by atoms with Crippen LogP contribution in [0.4, 0.5) is 4.79 Å². The van der Waals surface area contributed by atoms with Gasteiger partial charge in [-0.3, -0.25) is 9.36 Å². The monoisotopic (exact) mass is 309 g/mol. The Labute approximate surface area is 126 Å². The molecule has 1 aliphatic heterocycles. The lowest BCUT2D eigenvalue weighted by Gasteiger charge is -2.28. The van der Waals surface area contributed by atoms with Crippen molar-refractivity contribution in [2.45, 2.75) is 38.4 Å². The van der Waals surface area contributed by atoms with Crippen molar-refractivity contribution in [1.82, 2.24) is 25.0 Å². The molecule has 1 aliphatic carbocycles. The number of carbonyl (C=O) groups excluding carboxylic acids is 2. The Morgan fingerprint density at radius 3 is 2.95 bits per heavy atom. The lowest BCUT2D eigenvalue weighted by atomic mass is 10.1. The van der Waals surface area contributed by atoms with E-state index in [1.807, 2.05) is 0 Å². The highest BCUT2D eigenvalue weighted by molar-refractivity contribution is 5.75. The number of ether oxygens (including phenoxy) is 1. The number of nitrogens with one attached hydrogen (secondary N) is 2. The number of hydrogen-bond acceptors (Lipinski definition) is 5. The van der Waals surface area contributed by atoms with E-state index in [9.17, 15) is 14.4 Å². The van der Waals surface area contributed by atoms with Crippen molar-refractivity contribution in [3.63, 3.8) is 0 Å². The normalized spacial score (nSPS) is 24.0. The van der Waals surface area contributed by atoms with Crippen molar-refractivity contribution in [3.8, 4) is 0 Å². The van der Waals surface area contributed by atoms with Crippen LogP contribution in [0.2, 0.25) is 0 Å². The molecule has 0 unspecified atom stereocenters. The van der Waals surface area contributed by atoms with E-state index < -0.39 is 0 Å². The molecule has 2 aliphatic rings. The van der Waals surface area contributed by atoms with Crippen LogP contribution in [0.15, 0.2) is 4.79 Å². The average Bonchev–Trinajstić information content (AvgIpc) is 3.13. The predicted octanol–water partition coefficient (Wildman–Crippen LogP) is -0.562. The quantitative estimate of drug-likeness (QED) is 0.712. The topological polar surface area (TPSA) is 109 Å². The average molecular weight is 309 g/mol. The third-order valence-corrected chi connectivity index (χ3v) is 4.35. The van der Waals surface area contributed by atoms with E-state index in [-0.39, 0.29) is 29.6 Å².